The fourth-order valence-electron chi connectivity index (χ4n) is 7.02. The van der Waals surface area contributed by atoms with Gasteiger partial charge in [0.2, 0.25) is 0 Å². The maximum Gasteiger partial charge on any atom is 0.337 e. The first-order valence-electron chi connectivity index (χ1n) is 21.4. The van der Waals surface area contributed by atoms with Gasteiger partial charge in [-0.3, -0.25) is 9.59 Å². The molecule has 23 heteroatoms. The normalized spacial score (nSPS) is 33.4. The summed E-state index contributed by atoms with van der Waals surface area (Å²) in [5.41, 5.74) is 19.1. The van der Waals surface area contributed by atoms with Crippen molar-refractivity contribution in [1.29, 1.82) is 0 Å². The summed E-state index contributed by atoms with van der Waals surface area (Å²) >= 11 is 0. The number of unbranched alkanes of at least 4 members (excludes halogenated alkanes) is 4. The molecular formula is C39H66N6O17. The molecule has 2 N–H and O–H groups in total. The Hall–Kier alpha value is -3.41. The Morgan fingerprint density at radius 3 is 1.56 bits per heavy atom. The van der Waals surface area contributed by atoms with Crippen molar-refractivity contribution in [3.8, 4) is 0 Å². The van der Waals surface area contributed by atoms with Gasteiger partial charge >= 0.3 is 17.9 Å². The number of esters is 3. The number of carbonyl (C=O) groups is 3. The number of hydrogen-bond donors (Lipinski definition) is 2. The Morgan fingerprint density at radius 2 is 1.06 bits per heavy atom. The molecule has 3 rings (SSSR count). The van der Waals surface area contributed by atoms with E-state index in [9.17, 15) is 35.7 Å². The van der Waals surface area contributed by atoms with Gasteiger partial charge in [0.15, 0.2) is 25.0 Å². The molecule has 0 radical (unpaired) electrons. The smallest absolute Gasteiger partial charge is 0.337 e. The Bertz CT molecular complexity index is 1460. The van der Waals surface area contributed by atoms with Crippen molar-refractivity contribution in [3.05, 3.63) is 20.9 Å². The molecule has 3 aliphatic heterocycles. The van der Waals surface area contributed by atoms with Gasteiger partial charge in [0.1, 0.15) is 68.0 Å². The minimum atomic E-state index is -1.81. The number of methoxy groups -OCH3 is 1. The molecular weight excluding hydrogens is 824 g/mol. The molecule has 3 heterocycles. The van der Waals surface area contributed by atoms with Crippen LogP contribution in [0.25, 0.3) is 20.9 Å². The average Bonchev–Trinajstić information content (AvgIpc) is 3.24. The second-order valence-electron chi connectivity index (χ2n) is 15.0. The van der Waals surface area contributed by atoms with E-state index in [1.54, 1.807) is 0 Å². The molecule has 23 nitrogen and oxygen atoms in total. The quantitative estimate of drug-likeness (QED) is 0.0297. The standard InChI is InChI=1S/C39H66N6O17/c1-8-12-16-52-30-25(21-57-23(6)47)59-38(27(43-45-41)31(30)53-17-13-9-2)61-33-32(54-18-14-10-3)35(55-19-15-11-4)39(62-34(33)37(50)51-7)60-29-24(20-56-22(5)46)58-36(49)26(28(29)48)42-44-40/h24-36,38-39,48-49H,8-21H2,1-7H3/t24?,25?,26-,27?,28?,29+,30+,31+,32?,33-,34?,35-,36?,38+,39+/m0/s1. The number of ether oxygens (including phenoxy) is 12. The van der Waals surface area contributed by atoms with Crippen molar-refractivity contribution in [2.75, 3.05) is 46.8 Å². The van der Waals surface area contributed by atoms with Crippen LogP contribution in [0.5, 0.6) is 0 Å². The van der Waals surface area contributed by atoms with Crippen LogP contribution in [-0.4, -0.2) is 167 Å². The van der Waals surface area contributed by atoms with E-state index in [4.69, 9.17) is 56.8 Å². The second kappa shape index (κ2) is 28.4. The lowest BCUT2D eigenvalue weighted by atomic mass is 9.94. The number of azide groups is 2. The van der Waals surface area contributed by atoms with Crippen LogP contribution < -0.4 is 0 Å². The molecule has 0 spiro atoms. The summed E-state index contributed by atoms with van der Waals surface area (Å²) < 4.78 is 72.9. The molecule has 0 aromatic carbocycles. The molecule has 354 valence electrons. The highest BCUT2D eigenvalue weighted by Gasteiger charge is 2.57. The highest BCUT2D eigenvalue weighted by atomic mass is 16.8. The van der Waals surface area contributed by atoms with Gasteiger partial charge < -0.3 is 67.1 Å². The number of aliphatic hydroxyl groups excluding tert-OH is 2. The first-order valence-corrected chi connectivity index (χ1v) is 21.4. The van der Waals surface area contributed by atoms with E-state index in [1.165, 1.54) is 6.92 Å². The molecule has 0 aromatic heterocycles. The molecule has 3 fully saturated rings. The van der Waals surface area contributed by atoms with Crippen LogP contribution in [0.15, 0.2) is 10.2 Å². The summed E-state index contributed by atoms with van der Waals surface area (Å²) in [6.07, 6.45) is -12.5. The van der Waals surface area contributed by atoms with Crippen molar-refractivity contribution < 1.29 is 81.4 Å². The largest absolute Gasteiger partial charge is 0.467 e. The second-order valence-corrected chi connectivity index (χ2v) is 15.0. The van der Waals surface area contributed by atoms with Crippen molar-refractivity contribution >= 4 is 17.9 Å². The van der Waals surface area contributed by atoms with Gasteiger partial charge in [0.25, 0.3) is 0 Å². The molecule has 0 amide bonds. The van der Waals surface area contributed by atoms with Gasteiger partial charge in [0.05, 0.1) is 19.3 Å². The lowest BCUT2D eigenvalue weighted by Crippen LogP contribution is -2.68. The van der Waals surface area contributed by atoms with Crippen molar-refractivity contribution in [2.24, 2.45) is 10.2 Å². The average molecular weight is 891 g/mol. The van der Waals surface area contributed by atoms with Crippen LogP contribution in [0.3, 0.4) is 0 Å². The third kappa shape index (κ3) is 15.4. The maximum absolute atomic E-state index is 13.8. The summed E-state index contributed by atoms with van der Waals surface area (Å²) in [4.78, 5) is 43.6. The first kappa shape index (κ1) is 52.9. The van der Waals surface area contributed by atoms with E-state index in [0.29, 0.717) is 45.1 Å². The zero-order valence-corrected chi connectivity index (χ0v) is 36.8. The van der Waals surface area contributed by atoms with E-state index < -0.39 is 117 Å². The molecule has 3 saturated heterocycles. The Kier molecular flexibility index (Phi) is 24.2. The van der Waals surface area contributed by atoms with Gasteiger partial charge in [-0.15, -0.1) is 0 Å². The van der Waals surface area contributed by atoms with Crippen LogP contribution in [0.2, 0.25) is 0 Å². The summed E-state index contributed by atoms with van der Waals surface area (Å²) in [6, 6.07) is -2.81. The summed E-state index contributed by atoms with van der Waals surface area (Å²) in [6.45, 7) is 10.3. The summed E-state index contributed by atoms with van der Waals surface area (Å²) in [5.74, 6) is -2.24. The van der Waals surface area contributed by atoms with E-state index >= 15 is 0 Å². The van der Waals surface area contributed by atoms with Crippen molar-refractivity contribution in [2.45, 2.75) is 185 Å². The third-order valence-electron chi connectivity index (χ3n) is 10.3. The molecule has 0 aromatic rings. The zero-order valence-electron chi connectivity index (χ0n) is 36.8. The molecule has 7 unspecified atom stereocenters. The van der Waals surface area contributed by atoms with Crippen molar-refractivity contribution in [3.63, 3.8) is 0 Å². The van der Waals surface area contributed by atoms with Crippen LogP contribution in [0.1, 0.15) is 92.9 Å². The van der Waals surface area contributed by atoms with Gasteiger partial charge in [-0.05, 0) is 36.7 Å². The monoisotopic (exact) mass is 890 g/mol. The summed E-state index contributed by atoms with van der Waals surface area (Å²) in [5, 5.41) is 29.7. The van der Waals surface area contributed by atoms with Crippen molar-refractivity contribution in [1.82, 2.24) is 0 Å². The zero-order chi connectivity index (χ0) is 45.6. The van der Waals surface area contributed by atoms with E-state index in [-0.39, 0.29) is 26.4 Å². The maximum atomic E-state index is 13.8. The van der Waals surface area contributed by atoms with E-state index in [1.807, 2.05) is 27.7 Å². The predicted octanol–water partition coefficient (Wildman–Crippen LogP) is 3.68. The molecule has 0 bridgehead atoms. The van der Waals surface area contributed by atoms with Gasteiger partial charge in [-0.25, -0.2) is 4.79 Å². The highest BCUT2D eigenvalue weighted by molar-refractivity contribution is 5.75. The number of carbonyl (C=O) groups excluding carboxylic acids is 3. The Balaban J connectivity index is 2.19. The Labute approximate surface area is 361 Å². The third-order valence-corrected chi connectivity index (χ3v) is 10.3. The van der Waals surface area contributed by atoms with E-state index in [2.05, 4.69) is 20.1 Å². The van der Waals surface area contributed by atoms with Gasteiger partial charge in [-0.1, -0.05) is 63.6 Å². The minimum Gasteiger partial charge on any atom is -0.467 e. The van der Waals surface area contributed by atoms with Crippen LogP contribution in [0.4, 0.5) is 0 Å². The lowest BCUT2D eigenvalue weighted by molar-refractivity contribution is -0.369. The van der Waals surface area contributed by atoms with Gasteiger partial charge in [-0.2, -0.15) is 0 Å². The molecule has 62 heavy (non-hydrogen) atoms. The van der Waals surface area contributed by atoms with Crippen LogP contribution in [0, 0.1) is 0 Å². The minimum absolute atomic E-state index is 0.126. The van der Waals surface area contributed by atoms with Gasteiger partial charge in [0, 0.05) is 50.1 Å². The first-order chi connectivity index (χ1) is 29.9. The number of rotatable bonds is 27. The number of hydrogen-bond acceptors (Lipinski definition) is 19. The number of aliphatic hydroxyl groups is 2. The lowest BCUT2D eigenvalue weighted by Gasteiger charge is -2.50. The topological polar surface area (TPSA) is 300 Å². The Morgan fingerprint density at radius 1 is 0.597 bits per heavy atom. The molecule has 0 aliphatic carbocycles. The SMILES string of the molecule is CCCCOC1[C@H](O[C@H]2OC(COC(C)=O)[C@@H](OCCCC)[C@H](OCCCC)C2N=[N+]=[N-])C(C(=O)OC)O[C@@H](O[C@@H]2C(COC(C)=O)OC(O)[C@@H](N=[N+]=[N-])C2O)[C@H]1OCCCC. The van der Waals surface area contributed by atoms with Crippen LogP contribution in [-0.2, 0) is 71.2 Å². The molecule has 0 saturated carbocycles. The molecule has 3 aliphatic rings. The number of nitrogens with zero attached hydrogens (tertiary/aromatic N) is 6. The highest BCUT2D eigenvalue weighted by Crippen LogP contribution is 2.37. The molecule has 15 atom stereocenters. The van der Waals surface area contributed by atoms with E-state index in [0.717, 1.165) is 26.9 Å². The fourth-order valence-corrected chi connectivity index (χ4v) is 7.02. The summed E-state index contributed by atoms with van der Waals surface area (Å²) in [7, 11) is 1.12. The van der Waals surface area contributed by atoms with Crippen LogP contribution >= 0.6 is 0 Å². The predicted molar refractivity (Wildman–Crippen MR) is 214 cm³/mol. The fraction of sp³-hybridized carbons (Fsp3) is 0.923.